The van der Waals surface area contributed by atoms with Gasteiger partial charge in [-0.1, -0.05) is 0 Å². The number of halogens is 3. The minimum absolute atomic E-state index is 0.0485. The monoisotopic (exact) mass is 507 g/mol. The van der Waals surface area contributed by atoms with Crippen molar-refractivity contribution in [2.45, 2.75) is 38.3 Å². The molecule has 2 aromatic rings. The molecule has 13 heteroatoms. The summed E-state index contributed by atoms with van der Waals surface area (Å²) in [7, 11) is 2.06. The van der Waals surface area contributed by atoms with Gasteiger partial charge >= 0.3 is 6.18 Å². The van der Waals surface area contributed by atoms with Crippen molar-refractivity contribution < 1.29 is 27.1 Å². The minimum Gasteiger partial charge on any atom is -0.471 e. The van der Waals surface area contributed by atoms with Crippen molar-refractivity contribution in [3.63, 3.8) is 0 Å². The third-order valence-electron chi connectivity index (χ3n) is 5.96. The number of ether oxygens (including phenoxy) is 1. The summed E-state index contributed by atoms with van der Waals surface area (Å²) in [5.41, 5.74) is -0.411. The third-order valence-corrected chi connectivity index (χ3v) is 5.96. The molecular formula is C23H28F3N7O3. The van der Waals surface area contributed by atoms with Crippen LogP contribution in [0.2, 0.25) is 0 Å². The Kier molecular flexibility index (Phi) is 7.77. The summed E-state index contributed by atoms with van der Waals surface area (Å²) in [5.74, 6) is 0.396. The van der Waals surface area contributed by atoms with Crippen LogP contribution in [0.1, 0.15) is 42.3 Å². The van der Waals surface area contributed by atoms with Gasteiger partial charge in [-0.3, -0.25) is 10.1 Å². The predicted octanol–water partition coefficient (Wildman–Crippen LogP) is 3.99. The van der Waals surface area contributed by atoms with Crippen molar-refractivity contribution in [3.05, 3.63) is 48.1 Å². The summed E-state index contributed by atoms with van der Waals surface area (Å²) in [6, 6.07) is 0. The SMILES string of the molecule is Cc1nc(C2CCN(C)CC2)oc1Nc1ncc(C(F)(F)F)c(NCCCN2C=COC=CC2=O)n1. The standard InChI is InChI=1S/C23H28F3N7O3/c1-15-20(36-21(29-15)16-4-9-32(2)10-5-16)31-22-28-14-17(23(24,25)26)19(30-22)27-7-3-8-33-11-13-35-12-6-18(33)34/h6,11-14,16H,3-5,7-10H2,1-2H3,(H2,27,28,30,31). The third kappa shape index (κ3) is 6.33. The van der Waals surface area contributed by atoms with Crippen LogP contribution in [-0.2, 0) is 15.7 Å². The number of hydrogen-bond acceptors (Lipinski definition) is 9. The number of carbonyl (C=O) groups excluding carboxylic acids is 1. The minimum atomic E-state index is -4.64. The van der Waals surface area contributed by atoms with E-state index in [2.05, 4.69) is 37.5 Å². The molecule has 2 aliphatic rings. The van der Waals surface area contributed by atoms with Gasteiger partial charge in [0.25, 0.3) is 5.91 Å². The number of aryl methyl sites for hydroxylation is 1. The van der Waals surface area contributed by atoms with Crippen LogP contribution in [0.4, 0.5) is 30.8 Å². The lowest BCUT2D eigenvalue weighted by molar-refractivity contribution is -0.137. The van der Waals surface area contributed by atoms with E-state index in [-0.39, 0.29) is 36.7 Å². The summed E-state index contributed by atoms with van der Waals surface area (Å²) in [4.78, 5) is 27.9. The molecule has 1 saturated heterocycles. The molecule has 0 aliphatic carbocycles. The van der Waals surface area contributed by atoms with Crippen LogP contribution in [0.15, 0.2) is 35.4 Å². The maximum absolute atomic E-state index is 13.5. The summed E-state index contributed by atoms with van der Waals surface area (Å²) < 4.78 is 51.5. The number of anilines is 3. The Balaban J connectivity index is 1.43. The van der Waals surface area contributed by atoms with Gasteiger partial charge in [0.15, 0.2) is 5.89 Å². The molecular weight excluding hydrogens is 479 g/mol. The van der Waals surface area contributed by atoms with E-state index >= 15 is 0 Å². The number of nitrogens with one attached hydrogen (secondary N) is 2. The molecule has 4 heterocycles. The second-order valence-electron chi connectivity index (χ2n) is 8.66. The fourth-order valence-corrected chi connectivity index (χ4v) is 3.91. The van der Waals surface area contributed by atoms with Gasteiger partial charge in [0, 0.05) is 37.5 Å². The van der Waals surface area contributed by atoms with Crippen LogP contribution >= 0.6 is 0 Å². The quantitative estimate of drug-likeness (QED) is 0.513. The largest absolute Gasteiger partial charge is 0.471 e. The smallest absolute Gasteiger partial charge is 0.421 e. The highest BCUT2D eigenvalue weighted by Crippen LogP contribution is 2.35. The van der Waals surface area contributed by atoms with E-state index in [9.17, 15) is 18.0 Å². The molecule has 2 aromatic heterocycles. The first-order valence-corrected chi connectivity index (χ1v) is 11.6. The highest BCUT2D eigenvalue weighted by atomic mass is 19.4. The van der Waals surface area contributed by atoms with Gasteiger partial charge in [-0.25, -0.2) is 9.97 Å². The molecule has 2 N–H and O–H groups in total. The molecule has 1 fully saturated rings. The van der Waals surface area contributed by atoms with Gasteiger partial charge in [0.1, 0.15) is 23.3 Å². The van der Waals surface area contributed by atoms with Gasteiger partial charge < -0.3 is 24.3 Å². The fourth-order valence-electron chi connectivity index (χ4n) is 3.91. The summed E-state index contributed by atoms with van der Waals surface area (Å²) in [5, 5.41) is 5.58. The number of amides is 1. The van der Waals surface area contributed by atoms with Crippen molar-refractivity contribution in [2.75, 3.05) is 43.9 Å². The van der Waals surface area contributed by atoms with E-state index in [1.54, 1.807) is 6.92 Å². The summed E-state index contributed by atoms with van der Waals surface area (Å²) in [6.07, 6.45) is 3.63. The number of rotatable bonds is 8. The molecule has 0 radical (unpaired) electrons. The number of hydrogen-bond donors (Lipinski definition) is 2. The van der Waals surface area contributed by atoms with Gasteiger partial charge in [-0.15, -0.1) is 0 Å². The molecule has 0 saturated carbocycles. The van der Waals surface area contributed by atoms with Gasteiger partial charge in [0.2, 0.25) is 11.8 Å². The molecule has 0 unspecified atom stereocenters. The maximum Gasteiger partial charge on any atom is 0.421 e. The molecule has 0 bridgehead atoms. The maximum atomic E-state index is 13.5. The van der Waals surface area contributed by atoms with Crippen molar-refractivity contribution >= 4 is 23.6 Å². The van der Waals surface area contributed by atoms with Crippen molar-refractivity contribution in [3.8, 4) is 0 Å². The van der Waals surface area contributed by atoms with E-state index in [4.69, 9.17) is 9.15 Å². The Bertz CT molecular complexity index is 1120. The zero-order chi connectivity index (χ0) is 25.7. The Hall–Kier alpha value is -3.61. The number of carbonyl (C=O) groups is 1. The summed E-state index contributed by atoms with van der Waals surface area (Å²) in [6.45, 7) is 4.07. The Morgan fingerprint density at radius 2 is 1.97 bits per heavy atom. The van der Waals surface area contributed by atoms with Crippen LogP contribution in [0.25, 0.3) is 0 Å². The molecule has 2 aliphatic heterocycles. The van der Waals surface area contributed by atoms with Gasteiger partial charge in [-0.2, -0.15) is 18.2 Å². The first kappa shape index (κ1) is 25.5. The topological polar surface area (TPSA) is 109 Å². The molecule has 1 amide bonds. The highest BCUT2D eigenvalue weighted by Gasteiger charge is 2.35. The van der Waals surface area contributed by atoms with Crippen LogP contribution in [-0.4, -0.2) is 63.9 Å². The molecule has 0 atom stereocenters. The average molecular weight is 508 g/mol. The van der Waals surface area contributed by atoms with Crippen LogP contribution in [0.5, 0.6) is 0 Å². The van der Waals surface area contributed by atoms with Crippen LogP contribution in [0, 0.1) is 6.92 Å². The number of oxazole rings is 1. The Morgan fingerprint density at radius 3 is 2.72 bits per heavy atom. The van der Waals surface area contributed by atoms with Crippen LogP contribution < -0.4 is 10.6 Å². The molecule has 0 spiro atoms. The van der Waals surface area contributed by atoms with Crippen molar-refractivity contribution in [1.29, 1.82) is 0 Å². The van der Waals surface area contributed by atoms with E-state index in [0.29, 0.717) is 23.9 Å². The zero-order valence-electron chi connectivity index (χ0n) is 20.0. The molecule has 10 nitrogen and oxygen atoms in total. The number of alkyl halides is 3. The number of piperidine rings is 1. The van der Waals surface area contributed by atoms with Gasteiger partial charge in [-0.05, 0) is 46.3 Å². The lowest BCUT2D eigenvalue weighted by atomic mass is 9.97. The predicted molar refractivity (Wildman–Crippen MR) is 125 cm³/mol. The fraction of sp³-hybridized carbons (Fsp3) is 0.478. The zero-order valence-corrected chi connectivity index (χ0v) is 20.0. The number of aromatic nitrogens is 3. The molecule has 36 heavy (non-hydrogen) atoms. The number of likely N-dealkylation sites (tertiary alicyclic amines) is 1. The lowest BCUT2D eigenvalue weighted by Gasteiger charge is -2.26. The summed E-state index contributed by atoms with van der Waals surface area (Å²) >= 11 is 0. The van der Waals surface area contributed by atoms with E-state index in [1.807, 2.05) is 0 Å². The molecule has 4 rings (SSSR count). The molecule has 0 aromatic carbocycles. The van der Waals surface area contributed by atoms with E-state index < -0.39 is 11.7 Å². The average Bonchev–Trinajstić information content (AvgIpc) is 3.06. The number of nitrogens with zero attached hydrogens (tertiary/aromatic N) is 5. The second-order valence-corrected chi connectivity index (χ2v) is 8.66. The molecule has 194 valence electrons. The van der Waals surface area contributed by atoms with E-state index in [1.165, 1.54) is 29.7 Å². The van der Waals surface area contributed by atoms with Crippen molar-refractivity contribution in [2.24, 2.45) is 0 Å². The normalized spacial score (nSPS) is 17.2. The lowest BCUT2D eigenvalue weighted by Crippen LogP contribution is -2.29. The van der Waals surface area contributed by atoms with E-state index in [0.717, 1.165) is 32.1 Å². The van der Waals surface area contributed by atoms with Crippen molar-refractivity contribution in [1.82, 2.24) is 24.8 Å². The highest BCUT2D eigenvalue weighted by molar-refractivity contribution is 5.88. The first-order chi connectivity index (χ1) is 17.2. The van der Waals surface area contributed by atoms with Gasteiger partial charge in [0.05, 0.1) is 6.26 Å². The first-order valence-electron chi connectivity index (χ1n) is 11.6. The second kappa shape index (κ2) is 11.0. The Labute approximate surface area is 206 Å². The Morgan fingerprint density at radius 1 is 1.19 bits per heavy atom. The van der Waals surface area contributed by atoms with Crippen LogP contribution in [0.3, 0.4) is 0 Å².